The first-order valence-electron chi connectivity index (χ1n) is 3.87. The number of carbonyl (C=O) groups excluding carboxylic acids is 1. The van der Waals surface area contributed by atoms with Crippen LogP contribution in [0.4, 0.5) is 4.39 Å². The molecule has 0 aliphatic heterocycles. The van der Waals surface area contributed by atoms with Gasteiger partial charge in [0.1, 0.15) is 5.82 Å². The maximum Gasteiger partial charge on any atom is 0.243 e. The summed E-state index contributed by atoms with van der Waals surface area (Å²) in [5.41, 5.74) is 0.732. The van der Waals surface area contributed by atoms with Gasteiger partial charge in [0.15, 0.2) is 0 Å². The van der Waals surface area contributed by atoms with Crippen LogP contribution in [0.5, 0.6) is 0 Å². The van der Waals surface area contributed by atoms with E-state index in [0.29, 0.717) is 6.54 Å². The van der Waals surface area contributed by atoms with E-state index in [1.54, 1.807) is 12.1 Å². The van der Waals surface area contributed by atoms with Gasteiger partial charge in [-0.05, 0) is 23.8 Å². The van der Waals surface area contributed by atoms with E-state index in [4.69, 9.17) is 0 Å². The fourth-order valence-electron chi connectivity index (χ4n) is 0.908. The molecule has 13 heavy (non-hydrogen) atoms. The van der Waals surface area contributed by atoms with Gasteiger partial charge in [-0.3, -0.25) is 4.79 Å². The number of benzene rings is 1. The lowest BCUT2D eigenvalue weighted by Crippen LogP contribution is -2.19. The van der Waals surface area contributed by atoms with Gasteiger partial charge < -0.3 is 5.32 Å². The molecule has 0 aliphatic rings. The average molecular weight is 179 g/mol. The molecule has 1 rings (SSSR count). The second-order valence-corrected chi connectivity index (χ2v) is 2.55. The first-order valence-corrected chi connectivity index (χ1v) is 3.87. The number of rotatable bonds is 3. The molecule has 3 heteroatoms. The van der Waals surface area contributed by atoms with E-state index >= 15 is 0 Å². The highest BCUT2D eigenvalue weighted by Gasteiger charge is 1.96. The molecule has 2 nitrogen and oxygen atoms in total. The van der Waals surface area contributed by atoms with Crippen LogP contribution in [0.25, 0.3) is 0 Å². The van der Waals surface area contributed by atoms with Crippen molar-refractivity contribution in [2.45, 2.75) is 6.54 Å². The molecule has 1 amide bonds. The van der Waals surface area contributed by atoms with Crippen LogP contribution in [0.2, 0.25) is 0 Å². The summed E-state index contributed by atoms with van der Waals surface area (Å²) >= 11 is 0. The topological polar surface area (TPSA) is 29.1 Å². The summed E-state index contributed by atoms with van der Waals surface area (Å²) in [4.78, 5) is 10.7. The summed E-state index contributed by atoms with van der Waals surface area (Å²) in [7, 11) is 0. The molecule has 0 aromatic heterocycles. The van der Waals surface area contributed by atoms with E-state index in [9.17, 15) is 9.18 Å². The summed E-state index contributed by atoms with van der Waals surface area (Å²) in [6, 6.07) is 6.08. The monoisotopic (exact) mass is 179 g/mol. The second kappa shape index (κ2) is 4.40. The number of amides is 1. The molecule has 1 aromatic carbocycles. The van der Waals surface area contributed by atoms with Gasteiger partial charge in [-0.2, -0.15) is 0 Å². The van der Waals surface area contributed by atoms with Crippen LogP contribution in [0.1, 0.15) is 5.56 Å². The maximum atomic E-state index is 12.6. The molecular formula is C10H10FNO. The summed E-state index contributed by atoms with van der Waals surface area (Å²) < 4.78 is 12.6. The number of hydrogen-bond acceptors (Lipinski definition) is 1. The highest BCUT2D eigenvalue weighted by molar-refractivity contribution is 5.86. The summed E-state index contributed by atoms with van der Waals surface area (Å²) in [5.74, 6) is -0.561. The van der Waals surface area contributed by atoms with Crippen LogP contribution in [-0.4, -0.2) is 5.91 Å². The second-order valence-electron chi connectivity index (χ2n) is 2.55. The van der Waals surface area contributed by atoms with Gasteiger partial charge in [0.2, 0.25) is 5.91 Å². The predicted molar refractivity (Wildman–Crippen MR) is 48.4 cm³/mol. The summed E-state index contributed by atoms with van der Waals surface area (Å²) in [6.45, 7) is 3.63. The quantitative estimate of drug-likeness (QED) is 0.702. The molecule has 0 heterocycles. The normalized spacial score (nSPS) is 9.31. The van der Waals surface area contributed by atoms with E-state index in [0.717, 1.165) is 5.56 Å². The third kappa shape index (κ3) is 3.07. The van der Waals surface area contributed by atoms with Crippen LogP contribution in [0.3, 0.4) is 0 Å². The zero-order valence-corrected chi connectivity index (χ0v) is 7.09. The lowest BCUT2D eigenvalue weighted by atomic mass is 10.2. The Kier molecular flexibility index (Phi) is 3.20. The first kappa shape index (κ1) is 9.45. The number of nitrogens with one attached hydrogen (secondary N) is 1. The van der Waals surface area contributed by atoms with Gasteiger partial charge in [0, 0.05) is 6.54 Å². The molecule has 1 aromatic rings. The van der Waals surface area contributed by atoms with E-state index in [1.807, 2.05) is 0 Å². The Morgan fingerprint density at radius 2 is 2.38 bits per heavy atom. The Bertz CT molecular complexity index is 322. The number of halogens is 1. The molecular weight excluding hydrogens is 169 g/mol. The summed E-state index contributed by atoms with van der Waals surface area (Å²) in [5, 5.41) is 2.55. The number of hydrogen-bond donors (Lipinski definition) is 1. The predicted octanol–water partition coefficient (Wildman–Crippen LogP) is 1.63. The van der Waals surface area contributed by atoms with Gasteiger partial charge in [-0.1, -0.05) is 18.7 Å². The molecule has 1 N–H and O–H groups in total. The fourth-order valence-corrected chi connectivity index (χ4v) is 0.908. The Labute approximate surface area is 76.1 Å². The molecule has 68 valence electrons. The maximum absolute atomic E-state index is 12.6. The van der Waals surface area contributed by atoms with Crippen LogP contribution in [0, 0.1) is 5.82 Å². The Morgan fingerprint density at radius 3 is 3.00 bits per heavy atom. The van der Waals surface area contributed by atoms with E-state index in [1.165, 1.54) is 18.2 Å². The van der Waals surface area contributed by atoms with E-state index in [2.05, 4.69) is 11.9 Å². The van der Waals surface area contributed by atoms with Gasteiger partial charge in [-0.25, -0.2) is 4.39 Å². The van der Waals surface area contributed by atoms with E-state index < -0.39 is 0 Å². The highest BCUT2D eigenvalue weighted by atomic mass is 19.1. The minimum absolute atomic E-state index is 0.260. The van der Waals surface area contributed by atoms with Gasteiger partial charge in [-0.15, -0.1) is 0 Å². The zero-order valence-electron chi connectivity index (χ0n) is 7.09. The van der Waals surface area contributed by atoms with Gasteiger partial charge in [0.05, 0.1) is 0 Å². The molecule has 0 bridgehead atoms. The van der Waals surface area contributed by atoms with Crippen molar-refractivity contribution in [3.05, 3.63) is 48.3 Å². The van der Waals surface area contributed by atoms with Crippen molar-refractivity contribution in [1.82, 2.24) is 5.32 Å². The molecule has 0 saturated carbocycles. The van der Waals surface area contributed by atoms with Crippen LogP contribution in [0.15, 0.2) is 36.9 Å². The average Bonchev–Trinajstić information content (AvgIpc) is 2.14. The summed E-state index contributed by atoms with van der Waals surface area (Å²) in [6.07, 6.45) is 1.18. The lowest BCUT2D eigenvalue weighted by molar-refractivity contribution is -0.116. The minimum Gasteiger partial charge on any atom is -0.348 e. The largest absolute Gasteiger partial charge is 0.348 e. The molecule has 0 fully saturated rings. The van der Waals surface area contributed by atoms with Crippen molar-refractivity contribution in [2.24, 2.45) is 0 Å². The Hall–Kier alpha value is -1.64. The van der Waals surface area contributed by atoms with Crippen molar-refractivity contribution >= 4 is 5.91 Å². The van der Waals surface area contributed by atoms with E-state index in [-0.39, 0.29) is 11.7 Å². The van der Waals surface area contributed by atoms with Gasteiger partial charge >= 0.3 is 0 Å². The van der Waals surface area contributed by atoms with Crippen molar-refractivity contribution < 1.29 is 9.18 Å². The lowest BCUT2D eigenvalue weighted by Gasteiger charge is -2.01. The van der Waals surface area contributed by atoms with Crippen LogP contribution >= 0.6 is 0 Å². The van der Waals surface area contributed by atoms with Crippen molar-refractivity contribution in [1.29, 1.82) is 0 Å². The Balaban J connectivity index is 2.54. The first-order chi connectivity index (χ1) is 6.22. The standard InChI is InChI=1S/C10H10FNO/c1-2-10(13)12-7-8-4-3-5-9(11)6-8/h2-6H,1,7H2,(H,12,13). The fraction of sp³-hybridized carbons (Fsp3) is 0.100. The zero-order chi connectivity index (χ0) is 9.68. The molecule has 0 aliphatic carbocycles. The molecule has 0 saturated heterocycles. The van der Waals surface area contributed by atoms with Crippen molar-refractivity contribution in [3.63, 3.8) is 0 Å². The van der Waals surface area contributed by atoms with Crippen molar-refractivity contribution in [2.75, 3.05) is 0 Å². The molecule has 0 radical (unpaired) electrons. The van der Waals surface area contributed by atoms with Crippen LogP contribution in [-0.2, 0) is 11.3 Å². The molecule has 0 atom stereocenters. The van der Waals surface area contributed by atoms with Crippen molar-refractivity contribution in [3.8, 4) is 0 Å². The smallest absolute Gasteiger partial charge is 0.243 e. The Morgan fingerprint density at radius 1 is 1.62 bits per heavy atom. The minimum atomic E-state index is -0.301. The molecule has 0 unspecified atom stereocenters. The third-order valence-electron chi connectivity index (χ3n) is 1.54. The molecule has 0 spiro atoms. The van der Waals surface area contributed by atoms with Crippen LogP contribution < -0.4 is 5.32 Å². The SMILES string of the molecule is C=CC(=O)NCc1cccc(F)c1. The highest BCUT2D eigenvalue weighted by Crippen LogP contribution is 2.02. The third-order valence-corrected chi connectivity index (χ3v) is 1.54. The number of carbonyl (C=O) groups is 1. The van der Waals surface area contributed by atoms with Gasteiger partial charge in [0.25, 0.3) is 0 Å².